The van der Waals surface area contributed by atoms with Crippen molar-refractivity contribution in [3.8, 4) is 0 Å². The zero-order valence-corrected chi connectivity index (χ0v) is 11.5. The Morgan fingerprint density at radius 1 is 1.50 bits per heavy atom. The lowest BCUT2D eigenvalue weighted by Crippen LogP contribution is -2.45. The van der Waals surface area contributed by atoms with Crippen molar-refractivity contribution in [3.05, 3.63) is 23.8 Å². The molecule has 1 saturated heterocycles. The van der Waals surface area contributed by atoms with E-state index in [1.165, 1.54) is 25.8 Å². The minimum atomic E-state index is 0.654. The number of rotatable bonds is 5. The molecule has 1 aromatic rings. The molecule has 1 aliphatic heterocycles. The van der Waals surface area contributed by atoms with Crippen molar-refractivity contribution in [3.63, 3.8) is 0 Å². The molecule has 4 heteroatoms. The van der Waals surface area contributed by atoms with E-state index in [1.807, 2.05) is 19.2 Å². The van der Waals surface area contributed by atoms with Crippen LogP contribution in [0.25, 0.3) is 0 Å². The average molecular weight is 248 g/mol. The fourth-order valence-electron chi connectivity index (χ4n) is 2.54. The zero-order valence-electron chi connectivity index (χ0n) is 11.5. The molecular formula is C14H24N4. The number of nitrogens with zero attached hydrogens (tertiary/aromatic N) is 3. The third kappa shape index (κ3) is 4.03. The summed E-state index contributed by atoms with van der Waals surface area (Å²) in [4.78, 5) is 11.1. The van der Waals surface area contributed by atoms with Crippen molar-refractivity contribution < 1.29 is 0 Å². The van der Waals surface area contributed by atoms with Gasteiger partial charge in [0.1, 0.15) is 5.82 Å². The maximum absolute atomic E-state index is 4.48. The second-order valence-electron chi connectivity index (χ2n) is 5.12. The van der Waals surface area contributed by atoms with Crippen LogP contribution in [0.15, 0.2) is 12.3 Å². The average Bonchev–Trinajstić information content (AvgIpc) is 2.37. The highest BCUT2D eigenvalue weighted by atomic mass is 15.2. The van der Waals surface area contributed by atoms with Gasteiger partial charge in [-0.1, -0.05) is 6.92 Å². The molecule has 0 radical (unpaired) electrons. The first kappa shape index (κ1) is 13.4. The van der Waals surface area contributed by atoms with E-state index < -0.39 is 0 Å². The van der Waals surface area contributed by atoms with Gasteiger partial charge in [-0.15, -0.1) is 0 Å². The van der Waals surface area contributed by atoms with Crippen LogP contribution in [0.3, 0.4) is 0 Å². The molecular weight excluding hydrogens is 224 g/mol. The number of aryl methyl sites for hydroxylation is 1. The van der Waals surface area contributed by atoms with Gasteiger partial charge in [0.05, 0.1) is 5.69 Å². The second kappa shape index (κ2) is 6.81. The van der Waals surface area contributed by atoms with Gasteiger partial charge in [-0.3, -0.25) is 4.90 Å². The number of hydrogen-bond donors (Lipinski definition) is 1. The van der Waals surface area contributed by atoms with Gasteiger partial charge in [0.15, 0.2) is 0 Å². The third-order valence-electron chi connectivity index (χ3n) is 3.41. The molecule has 0 bridgehead atoms. The van der Waals surface area contributed by atoms with Gasteiger partial charge in [0.2, 0.25) is 0 Å². The Hall–Kier alpha value is -1.00. The lowest BCUT2D eigenvalue weighted by atomic mass is 10.1. The van der Waals surface area contributed by atoms with Gasteiger partial charge in [-0.25, -0.2) is 9.97 Å². The summed E-state index contributed by atoms with van der Waals surface area (Å²) in [6.45, 7) is 8.58. The molecule has 2 heterocycles. The maximum Gasteiger partial charge on any atom is 0.125 e. The highest BCUT2D eigenvalue weighted by molar-refractivity contribution is 5.01. The molecule has 1 N–H and O–H groups in total. The molecule has 1 unspecified atom stereocenters. The molecule has 100 valence electrons. The van der Waals surface area contributed by atoms with Crippen LogP contribution in [-0.2, 0) is 6.54 Å². The normalized spacial score (nSPS) is 21.1. The van der Waals surface area contributed by atoms with E-state index in [0.29, 0.717) is 6.04 Å². The Morgan fingerprint density at radius 3 is 3.17 bits per heavy atom. The first-order chi connectivity index (χ1) is 8.78. The Labute approximate surface area is 110 Å². The van der Waals surface area contributed by atoms with Crippen LogP contribution in [0.1, 0.15) is 37.7 Å². The minimum absolute atomic E-state index is 0.654. The summed E-state index contributed by atoms with van der Waals surface area (Å²) >= 11 is 0. The Bertz CT molecular complexity index is 367. The summed E-state index contributed by atoms with van der Waals surface area (Å²) in [6, 6.07) is 2.68. The Kier molecular flexibility index (Phi) is 5.08. The Balaban J connectivity index is 1.85. The highest BCUT2D eigenvalue weighted by Gasteiger charge is 2.19. The standard InChI is InChI=1S/C14H24N4/c1-3-7-16-13-5-4-9-18(10-13)11-14-6-8-15-12(2)17-14/h6,8,13,16H,3-5,7,9-11H2,1-2H3. The van der Waals surface area contributed by atoms with Crippen LogP contribution < -0.4 is 5.32 Å². The summed E-state index contributed by atoms with van der Waals surface area (Å²) in [6.07, 6.45) is 5.65. The monoisotopic (exact) mass is 248 g/mol. The first-order valence-corrected chi connectivity index (χ1v) is 7.02. The molecule has 1 fully saturated rings. The smallest absolute Gasteiger partial charge is 0.125 e. The summed E-state index contributed by atoms with van der Waals surface area (Å²) in [5.74, 6) is 0.866. The van der Waals surface area contributed by atoms with Crippen molar-refractivity contribution in [2.45, 2.75) is 45.7 Å². The third-order valence-corrected chi connectivity index (χ3v) is 3.41. The van der Waals surface area contributed by atoms with Gasteiger partial charge >= 0.3 is 0 Å². The Morgan fingerprint density at radius 2 is 2.39 bits per heavy atom. The molecule has 0 aliphatic carbocycles. The number of nitrogens with one attached hydrogen (secondary N) is 1. The molecule has 0 amide bonds. The quantitative estimate of drug-likeness (QED) is 0.862. The van der Waals surface area contributed by atoms with Crippen LogP contribution in [0.5, 0.6) is 0 Å². The molecule has 4 nitrogen and oxygen atoms in total. The molecule has 0 aromatic carbocycles. The minimum Gasteiger partial charge on any atom is -0.313 e. The molecule has 1 aliphatic rings. The van der Waals surface area contributed by atoms with Gasteiger partial charge < -0.3 is 5.32 Å². The maximum atomic E-state index is 4.48. The zero-order chi connectivity index (χ0) is 12.8. The number of likely N-dealkylation sites (tertiary alicyclic amines) is 1. The van der Waals surface area contributed by atoms with Crippen LogP contribution in [0, 0.1) is 6.92 Å². The van der Waals surface area contributed by atoms with E-state index in [-0.39, 0.29) is 0 Å². The topological polar surface area (TPSA) is 41.0 Å². The van der Waals surface area contributed by atoms with Crippen LogP contribution in [0.4, 0.5) is 0 Å². The van der Waals surface area contributed by atoms with Crippen molar-refractivity contribution in [2.75, 3.05) is 19.6 Å². The largest absolute Gasteiger partial charge is 0.313 e. The van der Waals surface area contributed by atoms with E-state index in [9.17, 15) is 0 Å². The lowest BCUT2D eigenvalue weighted by Gasteiger charge is -2.33. The van der Waals surface area contributed by atoms with E-state index in [0.717, 1.165) is 31.2 Å². The van der Waals surface area contributed by atoms with Gasteiger partial charge in [-0.05, 0) is 45.3 Å². The number of piperidine rings is 1. The fourth-order valence-corrected chi connectivity index (χ4v) is 2.54. The van der Waals surface area contributed by atoms with Gasteiger partial charge in [0, 0.05) is 25.3 Å². The van der Waals surface area contributed by atoms with E-state index in [1.54, 1.807) is 0 Å². The summed E-state index contributed by atoms with van der Waals surface area (Å²) in [5, 5.41) is 3.62. The summed E-state index contributed by atoms with van der Waals surface area (Å²) in [7, 11) is 0. The van der Waals surface area contributed by atoms with E-state index in [4.69, 9.17) is 0 Å². The number of hydrogen-bond acceptors (Lipinski definition) is 4. The van der Waals surface area contributed by atoms with Crippen molar-refractivity contribution in [1.29, 1.82) is 0 Å². The molecule has 0 spiro atoms. The summed E-state index contributed by atoms with van der Waals surface area (Å²) in [5.41, 5.74) is 1.14. The highest BCUT2D eigenvalue weighted by Crippen LogP contribution is 2.12. The van der Waals surface area contributed by atoms with E-state index in [2.05, 4.69) is 27.1 Å². The van der Waals surface area contributed by atoms with Crippen LogP contribution in [-0.4, -0.2) is 40.5 Å². The van der Waals surface area contributed by atoms with Crippen molar-refractivity contribution >= 4 is 0 Å². The SMILES string of the molecule is CCCNC1CCCN(Cc2ccnc(C)n2)C1. The molecule has 2 rings (SSSR count). The molecule has 1 aromatic heterocycles. The van der Waals surface area contributed by atoms with E-state index >= 15 is 0 Å². The molecule has 18 heavy (non-hydrogen) atoms. The predicted octanol–water partition coefficient (Wildman–Crippen LogP) is 1.75. The summed E-state index contributed by atoms with van der Waals surface area (Å²) < 4.78 is 0. The van der Waals surface area contributed by atoms with Crippen LogP contribution in [0.2, 0.25) is 0 Å². The lowest BCUT2D eigenvalue weighted by molar-refractivity contribution is 0.182. The van der Waals surface area contributed by atoms with Gasteiger partial charge in [-0.2, -0.15) is 0 Å². The fraction of sp³-hybridized carbons (Fsp3) is 0.714. The van der Waals surface area contributed by atoms with Crippen molar-refractivity contribution in [2.24, 2.45) is 0 Å². The van der Waals surface area contributed by atoms with Crippen LogP contribution >= 0.6 is 0 Å². The predicted molar refractivity (Wildman–Crippen MR) is 73.4 cm³/mol. The molecule has 1 atom stereocenters. The second-order valence-corrected chi connectivity index (χ2v) is 5.12. The van der Waals surface area contributed by atoms with Crippen molar-refractivity contribution in [1.82, 2.24) is 20.2 Å². The van der Waals surface area contributed by atoms with Gasteiger partial charge in [0.25, 0.3) is 0 Å². The number of aromatic nitrogens is 2. The molecule has 0 saturated carbocycles. The first-order valence-electron chi connectivity index (χ1n) is 7.02.